The Morgan fingerprint density at radius 2 is 1.83 bits per heavy atom. The molecular formula is C16H26O2. The third kappa shape index (κ3) is 1.93. The van der Waals surface area contributed by atoms with Gasteiger partial charge in [0.05, 0.1) is 11.2 Å². The number of fused-ring (bicyclic) bond motifs is 2. The van der Waals surface area contributed by atoms with Crippen LogP contribution < -0.4 is 0 Å². The number of Topliss-reactive ketones (excluding diaryl/α,β-unsaturated/α-hetero) is 1. The van der Waals surface area contributed by atoms with Crippen LogP contribution in [-0.4, -0.2) is 17.0 Å². The molecule has 102 valence electrons. The molecule has 2 bridgehead atoms. The third-order valence-electron chi connectivity index (χ3n) is 5.52. The quantitative estimate of drug-likeness (QED) is 0.748. The molecule has 2 heteroatoms. The van der Waals surface area contributed by atoms with Crippen molar-refractivity contribution in [1.82, 2.24) is 0 Å². The number of hydrogen-bond donors (Lipinski definition) is 0. The van der Waals surface area contributed by atoms with E-state index in [2.05, 4.69) is 27.7 Å². The van der Waals surface area contributed by atoms with Crippen LogP contribution in [0.3, 0.4) is 0 Å². The summed E-state index contributed by atoms with van der Waals surface area (Å²) in [6.45, 7) is 8.42. The highest BCUT2D eigenvalue weighted by Gasteiger charge is 2.53. The van der Waals surface area contributed by atoms with E-state index in [1.807, 2.05) is 0 Å². The number of ketones is 1. The molecule has 1 saturated heterocycles. The Morgan fingerprint density at radius 1 is 1.11 bits per heavy atom. The summed E-state index contributed by atoms with van der Waals surface area (Å²) in [6, 6.07) is 0. The zero-order valence-corrected chi connectivity index (χ0v) is 12.2. The maximum atomic E-state index is 12.9. The first kappa shape index (κ1) is 12.7. The average Bonchev–Trinajstić information content (AvgIpc) is 2.88. The van der Waals surface area contributed by atoms with E-state index in [0.29, 0.717) is 17.6 Å². The molecule has 1 heterocycles. The minimum Gasteiger partial charge on any atom is -0.369 e. The van der Waals surface area contributed by atoms with Crippen LogP contribution in [0.4, 0.5) is 0 Å². The van der Waals surface area contributed by atoms with Gasteiger partial charge in [-0.15, -0.1) is 0 Å². The van der Waals surface area contributed by atoms with Crippen molar-refractivity contribution in [3.63, 3.8) is 0 Å². The normalized spacial score (nSPS) is 44.4. The molecule has 3 aliphatic rings. The molecule has 2 aliphatic carbocycles. The maximum Gasteiger partial charge on any atom is 0.142 e. The van der Waals surface area contributed by atoms with E-state index in [9.17, 15) is 4.79 Å². The van der Waals surface area contributed by atoms with Gasteiger partial charge in [-0.05, 0) is 65.2 Å². The number of hydrogen-bond acceptors (Lipinski definition) is 2. The van der Waals surface area contributed by atoms with Crippen molar-refractivity contribution in [2.75, 3.05) is 0 Å². The summed E-state index contributed by atoms with van der Waals surface area (Å²) in [5.41, 5.74) is -0.413. The molecule has 18 heavy (non-hydrogen) atoms. The predicted octanol–water partition coefficient (Wildman–Crippen LogP) is 3.59. The highest BCUT2D eigenvalue weighted by Crippen LogP contribution is 2.52. The first-order chi connectivity index (χ1) is 8.28. The zero-order chi connectivity index (χ0) is 13.1. The Morgan fingerprint density at radius 3 is 2.28 bits per heavy atom. The predicted molar refractivity (Wildman–Crippen MR) is 71.3 cm³/mol. The molecule has 0 radical (unpaired) electrons. The van der Waals surface area contributed by atoms with Gasteiger partial charge in [0.25, 0.3) is 0 Å². The van der Waals surface area contributed by atoms with Crippen LogP contribution >= 0.6 is 0 Å². The Bertz CT molecular complexity index is 369. The number of carbonyl (C=O) groups excluding carboxylic acids is 1. The van der Waals surface area contributed by atoms with E-state index in [1.165, 1.54) is 19.3 Å². The van der Waals surface area contributed by atoms with Gasteiger partial charge >= 0.3 is 0 Å². The lowest BCUT2D eigenvalue weighted by Gasteiger charge is -2.30. The lowest BCUT2D eigenvalue weighted by atomic mass is 9.74. The van der Waals surface area contributed by atoms with Crippen LogP contribution in [-0.2, 0) is 9.53 Å². The smallest absolute Gasteiger partial charge is 0.142 e. The fraction of sp³-hybridized carbons (Fsp3) is 0.938. The molecule has 0 aromatic carbocycles. The number of carbonyl (C=O) groups is 1. The Hall–Kier alpha value is -0.370. The van der Waals surface area contributed by atoms with Gasteiger partial charge in [0, 0.05) is 11.8 Å². The molecule has 0 amide bonds. The molecule has 2 saturated carbocycles. The van der Waals surface area contributed by atoms with Gasteiger partial charge in [-0.2, -0.15) is 0 Å². The lowest BCUT2D eigenvalue weighted by molar-refractivity contribution is -0.134. The summed E-state index contributed by atoms with van der Waals surface area (Å²) in [4.78, 5) is 12.9. The average molecular weight is 250 g/mol. The standard InChI is InChI=1S/C16H26O2/c1-15(2)9-13(16(3,4)18-15)14(17)12-8-10-5-6-11(12)7-10/h10-13H,5-9H2,1-4H3. The summed E-state index contributed by atoms with van der Waals surface area (Å²) < 4.78 is 6.09. The van der Waals surface area contributed by atoms with Crippen LogP contribution in [0.1, 0.15) is 59.8 Å². The van der Waals surface area contributed by atoms with Crippen molar-refractivity contribution in [1.29, 1.82) is 0 Å². The van der Waals surface area contributed by atoms with E-state index in [1.54, 1.807) is 0 Å². The van der Waals surface area contributed by atoms with Crippen molar-refractivity contribution >= 4 is 5.78 Å². The molecule has 2 nitrogen and oxygen atoms in total. The molecule has 0 N–H and O–H groups in total. The van der Waals surface area contributed by atoms with Crippen LogP contribution in [0.2, 0.25) is 0 Å². The van der Waals surface area contributed by atoms with E-state index in [4.69, 9.17) is 4.74 Å². The van der Waals surface area contributed by atoms with Gasteiger partial charge in [-0.1, -0.05) is 6.42 Å². The Balaban J connectivity index is 1.77. The minimum atomic E-state index is -0.275. The van der Waals surface area contributed by atoms with Gasteiger partial charge in [0.2, 0.25) is 0 Å². The first-order valence-electron chi connectivity index (χ1n) is 7.52. The molecule has 4 atom stereocenters. The topological polar surface area (TPSA) is 26.3 Å². The molecule has 3 fully saturated rings. The molecule has 0 spiro atoms. The molecule has 0 aromatic rings. The van der Waals surface area contributed by atoms with Gasteiger partial charge in [-0.3, -0.25) is 4.79 Å². The van der Waals surface area contributed by atoms with E-state index in [-0.39, 0.29) is 17.1 Å². The van der Waals surface area contributed by atoms with Crippen LogP contribution in [0.5, 0.6) is 0 Å². The fourth-order valence-corrected chi connectivity index (χ4v) is 4.86. The van der Waals surface area contributed by atoms with Gasteiger partial charge in [-0.25, -0.2) is 0 Å². The summed E-state index contributed by atoms with van der Waals surface area (Å²) in [7, 11) is 0. The molecule has 3 rings (SSSR count). The van der Waals surface area contributed by atoms with E-state index in [0.717, 1.165) is 18.8 Å². The molecule has 4 unspecified atom stereocenters. The first-order valence-corrected chi connectivity index (χ1v) is 7.52. The summed E-state index contributed by atoms with van der Waals surface area (Å²) in [6.07, 6.45) is 6.03. The summed E-state index contributed by atoms with van der Waals surface area (Å²) in [5.74, 6) is 2.52. The van der Waals surface area contributed by atoms with Crippen LogP contribution in [0, 0.1) is 23.7 Å². The zero-order valence-electron chi connectivity index (χ0n) is 12.2. The van der Waals surface area contributed by atoms with Crippen molar-refractivity contribution in [2.45, 2.75) is 71.0 Å². The Kier molecular flexibility index (Phi) is 2.68. The molecular weight excluding hydrogens is 224 g/mol. The monoisotopic (exact) mass is 250 g/mol. The van der Waals surface area contributed by atoms with Crippen molar-refractivity contribution < 1.29 is 9.53 Å². The van der Waals surface area contributed by atoms with Gasteiger partial charge in [0.15, 0.2) is 0 Å². The van der Waals surface area contributed by atoms with E-state index < -0.39 is 0 Å². The second-order valence-electron chi connectivity index (χ2n) is 7.91. The number of rotatable bonds is 2. The molecule has 1 aliphatic heterocycles. The Labute approximate surface area is 110 Å². The lowest BCUT2D eigenvalue weighted by Crippen LogP contribution is -2.38. The minimum absolute atomic E-state index is 0.108. The van der Waals surface area contributed by atoms with Crippen LogP contribution in [0.25, 0.3) is 0 Å². The summed E-state index contributed by atoms with van der Waals surface area (Å²) in [5, 5.41) is 0. The fourth-order valence-electron chi connectivity index (χ4n) is 4.86. The largest absolute Gasteiger partial charge is 0.369 e. The molecule has 0 aromatic heterocycles. The second-order valence-corrected chi connectivity index (χ2v) is 7.91. The maximum absolute atomic E-state index is 12.9. The van der Waals surface area contributed by atoms with Gasteiger partial charge in [0.1, 0.15) is 5.78 Å². The SMILES string of the molecule is CC1(C)CC(C(=O)C2CC3CCC2C3)C(C)(C)O1. The highest BCUT2D eigenvalue weighted by atomic mass is 16.5. The summed E-state index contributed by atoms with van der Waals surface area (Å²) >= 11 is 0. The van der Waals surface area contributed by atoms with Crippen molar-refractivity contribution in [3.05, 3.63) is 0 Å². The van der Waals surface area contributed by atoms with E-state index >= 15 is 0 Å². The van der Waals surface area contributed by atoms with Crippen LogP contribution in [0.15, 0.2) is 0 Å². The third-order valence-corrected chi connectivity index (χ3v) is 5.52. The highest BCUT2D eigenvalue weighted by molar-refractivity contribution is 5.85. The van der Waals surface area contributed by atoms with Crippen molar-refractivity contribution in [2.24, 2.45) is 23.7 Å². The van der Waals surface area contributed by atoms with Gasteiger partial charge < -0.3 is 4.74 Å². The van der Waals surface area contributed by atoms with Crippen molar-refractivity contribution in [3.8, 4) is 0 Å². The second kappa shape index (κ2) is 3.82. The number of ether oxygens (including phenoxy) is 1.